The first-order valence-electron chi connectivity index (χ1n) is 6.93. The number of benzene rings is 2. The highest BCUT2D eigenvalue weighted by atomic mass is 35.5. The highest BCUT2D eigenvalue weighted by Gasteiger charge is 2.23. The maximum Gasteiger partial charge on any atom is 0.245 e. The fourth-order valence-electron chi connectivity index (χ4n) is 2.02. The van der Waals surface area contributed by atoms with E-state index in [-0.39, 0.29) is 10.7 Å². The van der Waals surface area contributed by atoms with Crippen LogP contribution in [0.5, 0.6) is 0 Å². The van der Waals surface area contributed by atoms with Crippen molar-refractivity contribution >= 4 is 38.9 Å². The third-order valence-corrected chi connectivity index (χ3v) is 4.53. The summed E-state index contributed by atoms with van der Waals surface area (Å²) in [6.07, 6.45) is 0.871. The van der Waals surface area contributed by atoms with Crippen LogP contribution in [-0.4, -0.2) is 27.1 Å². The summed E-state index contributed by atoms with van der Waals surface area (Å²) in [6, 6.07) is 11.4. The fourth-order valence-corrected chi connectivity index (χ4v) is 3.04. The van der Waals surface area contributed by atoms with Crippen LogP contribution in [0.1, 0.15) is 5.56 Å². The number of halogens is 2. The van der Waals surface area contributed by atoms with Crippen molar-refractivity contribution in [1.82, 2.24) is 0 Å². The van der Waals surface area contributed by atoms with Crippen LogP contribution in [0.4, 0.5) is 15.8 Å². The van der Waals surface area contributed by atoms with Crippen LogP contribution < -0.4 is 9.62 Å². The quantitative estimate of drug-likeness (QED) is 0.862. The average Bonchev–Trinajstić information content (AvgIpc) is 2.53. The molecule has 0 aliphatic heterocycles. The Balaban J connectivity index is 2.22. The van der Waals surface area contributed by atoms with Gasteiger partial charge in [0.1, 0.15) is 12.4 Å². The van der Waals surface area contributed by atoms with Crippen molar-refractivity contribution in [2.45, 2.75) is 0 Å². The van der Waals surface area contributed by atoms with E-state index in [0.29, 0.717) is 15.6 Å². The van der Waals surface area contributed by atoms with Crippen molar-refractivity contribution in [3.05, 3.63) is 58.9 Å². The van der Waals surface area contributed by atoms with Gasteiger partial charge in [-0.1, -0.05) is 11.6 Å². The average molecular weight is 382 g/mol. The van der Waals surface area contributed by atoms with E-state index in [1.165, 1.54) is 36.4 Å². The minimum absolute atomic E-state index is 0.108. The van der Waals surface area contributed by atoms with E-state index in [1.54, 1.807) is 0 Å². The van der Waals surface area contributed by atoms with Crippen molar-refractivity contribution in [2.24, 2.45) is 0 Å². The Bertz CT molecular complexity index is 940. The molecule has 6 nitrogen and oxygen atoms in total. The SMILES string of the molecule is CS(=O)(=O)N(CC(=O)Nc1ccc(C#N)cc1)c1ccc(Cl)cc1F. The monoisotopic (exact) mass is 381 g/mol. The zero-order valence-electron chi connectivity index (χ0n) is 13.0. The van der Waals surface area contributed by atoms with Crippen LogP contribution in [0.25, 0.3) is 0 Å². The Hall–Kier alpha value is -2.63. The number of sulfonamides is 1. The van der Waals surface area contributed by atoms with Crippen LogP contribution in [0.15, 0.2) is 42.5 Å². The highest BCUT2D eigenvalue weighted by molar-refractivity contribution is 7.92. The van der Waals surface area contributed by atoms with E-state index in [4.69, 9.17) is 16.9 Å². The van der Waals surface area contributed by atoms with Gasteiger partial charge in [-0.2, -0.15) is 5.26 Å². The predicted molar refractivity (Wildman–Crippen MR) is 93.4 cm³/mol. The first-order chi connectivity index (χ1) is 11.7. The Morgan fingerprint density at radius 3 is 2.44 bits per heavy atom. The molecule has 2 aromatic rings. The number of hydrogen-bond donors (Lipinski definition) is 1. The zero-order valence-corrected chi connectivity index (χ0v) is 14.6. The topological polar surface area (TPSA) is 90.3 Å². The molecule has 0 aliphatic carbocycles. The number of carbonyl (C=O) groups excluding carboxylic acids is 1. The summed E-state index contributed by atoms with van der Waals surface area (Å²) in [5.74, 6) is -1.52. The van der Waals surface area contributed by atoms with Gasteiger partial charge in [0.2, 0.25) is 15.9 Å². The van der Waals surface area contributed by atoms with Crippen LogP contribution in [0.3, 0.4) is 0 Å². The molecule has 0 radical (unpaired) electrons. The lowest BCUT2D eigenvalue weighted by Crippen LogP contribution is -2.38. The number of nitrogens with zero attached hydrogens (tertiary/aromatic N) is 2. The van der Waals surface area contributed by atoms with Gasteiger partial charge in [0.25, 0.3) is 0 Å². The molecule has 0 unspecified atom stereocenters. The molecule has 0 atom stereocenters. The van der Waals surface area contributed by atoms with Crippen molar-refractivity contribution in [3.63, 3.8) is 0 Å². The molecular formula is C16H13ClFN3O3S. The summed E-state index contributed by atoms with van der Waals surface area (Å²) in [6.45, 7) is -0.614. The van der Waals surface area contributed by atoms with Gasteiger partial charge in [-0.05, 0) is 42.5 Å². The molecule has 0 heterocycles. The Morgan fingerprint density at radius 1 is 1.28 bits per heavy atom. The maximum absolute atomic E-state index is 14.0. The second kappa shape index (κ2) is 7.51. The van der Waals surface area contributed by atoms with E-state index in [9.17, 15) is 17.6 Å². The van der Waals surface area contributed by atoms with Gasteiger partial charge in [-0.25, -0.2) is 12.8 Å². The summed E-state index contributed by atoms with van der Waals surface area (Å²) in [4.78, 5) is 12.1. The molecule has 0 spiro atoms. The van der Waals surface area contributed by atoms with Crippen LogP contribution >= 0.6 is 11.6 Å². The Kier molecular flexibility index (Phi) is 5.62. The molecule has 0 fully saturated rings. The molecule has 1 N–H and O–H groups in total. The predicted octanol–water partition coefficient (Wildman–Crippen LogP) is 2.76. The molecule has 0 saturated carbocycles. The highest BCUT2D eigenvalue weighted by Crippen LogP contribution is 2.24. The minimum Gasteiger partial charge on any atom is -0.325 e. The van der Waals surface area contributed by atoms with Gasteiger partial charge in [0, 0.05) is 10.7 Å². The van der Waals surface area contributed by atoms with Gasteiger partial charge in [-0.3, -0.25) is 9.10 Å². The normalized spacial score (nSPS) is 10.8. The maximum atomic E-state index is 14.0. The number of hydrogen-bond acceptors (Lipinski definition) is 4. The van der Waals surface area contributed by atoms with Crippen molar-refractivity contribution < 1.29 is 17.6 Å². The molecule has 2 rings (SSSR count). The van der Waals surface area contributed by atoms with Crippen LogP contribution in [0, 0.1) is 17.1 Å². The fraction of sp³-hybridized carbons (Fsp3) is 0.125. The Morgan fingerprint density at radius 2 is 1.92 bits per heavy atom. The Labute approximate surface area is 149 Å². The standard InChI is InChI=1S/C16H13ClFN3O3S/c1-25(23,24)21(15-7-4-12(17)8-14(15)18)10-16(22)20-13-5-2-11(9-19)3-6-13/h2-8H,10H2,1H3,(H,20,22). The zero-order chi connectivity index (χ0) is 18.6. The minimum atomic E-state index is -3.90. The van der Waals surface area contributed by atoms with Gasteiger partial charge >= 0.3 is 0 Å². The second-order valence-electron chi connectivity index (χ2n) is 5.10. The molecule has 0 aromatic heterocycles. The second-order valence-corrected chi connectivity index (χ2v) is 7.45. The summed E-state index contributed by atoms with van der Waals surface area (Å²) in [5.41, 5.74) is 0.523. The smallest absolute Gasteiger partial charge is 0.245 e. The van der Waals surface area contributed by atoms with Gasteiger partial charge in [0.05, 0.1) is 23.6 Å². The number of anilines is 2. The summed E-state index contributed by atoms with van der Waals surface area (Å²) >= 11 is 5.66. The number of rotatable bonds is 5. The molecule has 130 valence electrons. The summed E-state index contributed by atoms with van der Waals surface area (Å²) in [5, 5.41) is 11.3. The third kappa shape index (κ3) is 4.92. The molecule has 2 aromatic carbocycles. The van der Waals surface area contributed by atoms with Crippen molar-refractivity contribution in [2.75, 3.05) is 22.4 Å². The van der Waals surface area contributed by atoms with Crippen LogP contribution in [-0.2, 0) is 14.8 Å². The lowest BCUT2D eigenvalue weighted by Gasteiger charge is -2.22. The lowest BCUT2D eigenvalue weighted by atomic mass is 10.2. The third-order valence-electron chi connectivity index (χ3n) is 3.16. The molecule has 0 saturated heterocycles. The summed E-state index contributed by atoms with van der Waals surface area (Å²) in [7, 11) is -3.90. The lowest BCUT2D eigenvalue weighted by molar-refractivity contribution is -0.114. The number of amides is 1. The van der Waals surface area contributed by atoms with E-state index in [0.717, 1.165) is 12.3 Å². The molecule has 25 heavy (non-hydrogen) atoms. The van der Waals surface area contributed by atoms with Gasteiger partial charge < -0.3 is 5.32 Å². The van der Waals surface area contributed by atoms with E-state index in [2.05, 4.69) is 5.32 Å². The van der Waals surface area contributed by atoms with Crippen LogP contribution in [0.2, 0.25) is 5.02 Å². The first kappa shape index (κ1) is 18.7. The largest absolute Gasteiger partial charge is 0.325 e. The number of carbonyl (C=O) groups is 1. The summed E-state index contributed by atoms with van der Waals surface area (Å²) < 4.78 is 38.6. The molecule has 1 amide bonds. The van der Waals surface area contributed by atoms with E-state index < -0.39 is 28.3 Å². The first-order valence-corrected chi connectivity index (χ1v) is 9.16. The van der Waals surface area contributed by atoms with E-state index in [1.807, 2.05) is 6.07 Å². The number of nitriles is 1. The molecule has 0 bridgehead atoms. The van der Waals surface area contributed by atoms with Gasteiger partial charge in [-0.15, -0.1) is 0 Å². The van der Waals surface area contributed by atoms with Gasteiger partial charge in [0.15, 0.2) is 0 Å². The molecule has 0 aliphatic rings. The van der Waals surface area contributed by atoms with Crippen molar-refractivity contribution in [3.8, 4) is 6.07 Å². The molecule has 9 heteroatoms. The number of nitrogens with one attached hydrogen (secondary N) is 1. The van der Waals surface area contributed by atoms with E-state index >= 15 is 0 Å². The molecular weight excluding hydrogens is 369 g/mol. The van der Waals surface area contributed by atoms with Crippen molar-refractivity contribution in [1.29, 1.82) is 5.26 Å².